The van der Waals surface area contributed by atoms with Crippen molar-refractivity contribution in [2.45, 2.75) is 38.9 Å². The minimum absolute atomic E-state index is 0.0822. The third-order valence-corrected chi connectivity index (χ3v) is 6.04. The molecule has 0 bridgehead atoms. The number of nitrogens with one attached hydrogen (secondary N) is 1. The number of carbonyl (C=O) groups excluding carboxylic acids is 1. The van der Waals surface area contributed by atoms with E-state index in [0.29, 0.717) is 30.1 Å². The number of amides is 1. The van der Waals surface area contributed by atoms with E-state index in [0.717, 1.165) is 18.4 Å². The fourth-order valence-electron chi connectivity index (χ4n) is 4.23. The van der Waals surface area contributed by atoms with Gasteiger partial charge in [-0.3, -0.25) is 4.79 Å². The van der Waals surface area contributed by atoms with Gasteiger partial charge in [0.05, 0.1) is 35.2 Å². The summed E-state index contributed by atoms with van der Waals surface area (Å²) in [5.74, 6) is -1.51. The molecule has 1 aliphatic rings. The van der Waals surface area contributed by atoms with Gasteiger partial charge in [-0.15, -0.1) is 0 Å². The maximum absolute atomic E-state index is 14.3. The van der Waals surface area contributed by atoms with Gasteiger partial charge in [0.25, 0.3) is 5.91 Å². The molecule has 0 saturated carbocycles. The first-order chi connectivity index (χ1) is 16.1. The second kappa shape index (κ2) is 9.40. The quantitative estimate of drug-likeness (QED) is 0.550. The number of likely N-dealkylation sites (tertiary alicyclic amines) is 1. The zero-order chi connectivity index (χ0) is 24.5. The third-order valence-electron chi connectivity index (χ3n) is 6.04. The average molecular weight is 476 g/mol. The molecule has 1 saturated heterocycles. The van der Waals surface area contributed by atoms with Crippen LogP contribution in [0.3, 0.4) is 0 Å². The van der Waals surface area contributed by atoms with Crippen LogP contribution in [0.2, 0.25) is 0 Å². The summed E-state index contributed by atoms with van der Waals surface area (Å²) in [4.78, 5) is 20.4. The van der Waals surface area contributed by atoms with E-state index in [4.69, 9.17) is 0 Å². The molecule has 0 spiro atoms. The van der Waals surface area contributed by atoms with Crippen LogP contribution in [0.15, 0.2) is 42.9 Å². The smallest absolute Gasteiger partial charge is 0.366 e. The van der Waals surface area contributed by atoms with Gasteiger partial charge in [0, 0.05) is 19.3 Å². The molecule has 1 N–H and O–H groups in total. The Bertz CT molecular complexity index is 1160. The molecule has 2 aromatic heterocycles. The summed E-state index contributed by atoms with van der Waals surface area (Å²) < 4.78 is 52.7. The molecular formula is C23H24F4N6O. The molecule has 7 nitrogen and oxygen atoms in total. The van der Waals surface area contributed by atoms with Gasteiger partial charge < -0.3 is 10.2 Å². The van der Waals surface area contributed by atoms with E-state index in [2.05, 4.69) is 20.5 Å². The van der Waals surface area contributed by atoms with Gasteiger partial charge in [0.2, 0.25) is 0 Å². The molecule has 1 aliphatic heterocycles. The van der Waals surface area contributed by atoms with Gasteiger partial charge in [-0.05, 0) is 43.9 Å². The topological polar surface area (TPSA) is 75.9 Å². The first kappa shape index (κ1) is 23.7. The van der Waals surface area contributed by atoms with Crippen molar-refractivity contribution in [3.63, 3.8) is 0 Å². The molecule has 3 aromatic rings. The molecule has 0 radical (unpaired) electrons. The number of piperidine rings is 1. The van der Waals surface area contributed by atoms with E-state index in [1.165, 1.54) is 17.2 Å². The third kappa shape index (κ3) is 4.87. The van der Waals surface area contributed by atoms with Crippen molar-refractivity contribution in [2.24, 2.45) is 5.92 Å². The summed E-state index contributed by atoms with van der Waals surface area (Å²) >= 11 is 0. The predicted octanol–water partition coefficient (Wildman–Crippen LogP) is 4.48. The van der Waals surface area contributed by atoms with E-state index in [9.17, 15) is 22.4 Å². The zero-order valence-corrected chi connectivity index (χ0v) is 18.7. The van der Waals surface area contributed by atoms with Gasteiger partial charge in [-0.25, -0.2) is 9.37 Å². The number of nitrogens with zero attached hydrogens (tertiary/aromatic N) is 5. The van der Waals surface area contributed by atoms with Gasteiger partial charge in [-0.1, -0.05) is 18.6 Å². The maximum atomic E-state index is 14.3. The number of halogens is 4. The summed E-state index contributed by atoms with van der Waals surface area (Å²) in [5, 5.41) is 11.1. The van der Waals surface area contributed by atoms with E-state index in [-0.39, 0.29) is 30.2 Å². The fraction of sp³-hybridized carbons (Fsp3) is 0.391. The van der Waals surface area contributed by atoms with E-state index in [1.54, 1.807) is 17.0 Å². The average Bonchev–Trinajstić information content (AvgIpc) is 3.32. The summed E-state index contributed by atoms with van der Waals surface area (Å²) in [5.41, 5.74) is 0.725. The Balaban J connectivity index is 1.58. The number of aromatic nitrogens is 4. The minimum atomic E-state index is -4.68. The van der Waals surface area contributed by atoms with Crippen LogP contribution >= 0.6 is 0 Å². The molecule has 1 unspecified atom stereocenters. The van der Waals surface area contributed by atoms with Gasteiger partial charge in [0.15, 0.2) is 11.6 Å². The molecule has 1 fully saturated rings. The number of anilines is 1. The Labute approximate surface area is 193 Å². The lowest BCUT2D eigenvalue weighted by molar-refractivity contribution is -0.138. The van der Waals surface area contributed by atoms with E-state index >= 15 is 0 Å². The zero-order valence-electron chi connectivity index (χ0n) is 18.7. The van der Waals surface area contributed by atoms with Crippen molar-refractivity contribution in [1.82, 2.24) is 24.9 Å². The Morgan fingerprint density at radius 3 is 2.62 bits per heavy atom. The lowest BCUT2D eigenvalue weighted by atomic mass is 9.89. The SMILES string of the molecule is Cc1ccc(-n2nccn2)c(C(=O)N2CCC[C@@H](C)C2CNc2ncc(C(F)(F)F)cc2F)c1. The Morgan fingerprint density at radius 1 is 1.21 bits per heavy atom. The Morgan fingerprint density at radius 2 is 1.94 bits per heavy atom. The molecule has 1 aromatic carbocycles. The molecule has 34 heavy (non-hydrogen) atoms. The summed E-state index contributed by atoms with van der Waals surface area (Å²) in [6, 6.07) is 5.53. The molecule has 2 atom stereocenters. The lowest BCUT2D eigenvalue weighted by Crippen LogP contribution is -2.51. The molecule has 180 valence electrons. The number of carbonyl (C=O) groups is 1. The summed E-state index contributed by atoms with van der Waals surface area (Å²) in [6.07, 6.45) is 0.625. The van der Waals surface area contributed by atoms with E-state index in [1.807, 2.05) is 19.9 Å². The highest BCUT2D eigenvalue weighted by atomic mass is 19.4. The van der Waals surface area contributed by atoms with Crippen molar-refractivity contribution in [1.29, 1.82) is 0 Å². The number of benzene rings is 1. The first-order valence-electron chi connectivity index (χ1n) is 10.9. The van der Waals surface area contributed by atoms with E-state index < -0.39 is 17.6 Å². The van der Waals surface area contributed by atoms with Gasteiger partial charge in [0.1, 0.15) is 0 Å². The highest BCUT2D eigenvalue weighted by Crippen LogP contribution is 2.31. The Kier molecular flexibility index (Phi) is 6.54. The predicted molar refractivity (Wildman–Crippen MR) is 117 cm³/mol. The number of rotatable bonds is 5. The number of aryl methyl sites for hydroxylation is 1. The minimum Gasteiger partial charge on any atom is -0.366 e. The van der Waals surface area contributed by atoms with Gasteiger partial charge >= 0.3 is 6.18 Å². The molecule has 4 rings (SSSR count). The fourth-order valence-corrected chi connectivity index (χ4v) is 4.23. The van der Waals surface area contributed by atoms with Crippen LogP contribution in [0.5, 0.6) is 0 Å². The second-order valence-corrected chi connectivity index (χ2v) is 8.46. The number of pyridine rings is 1. The second-order valence-electron chi connectivity index (χ2n) is 8.46. The van der Waals surface area contributed by atoms with Crippen LogP contribution in [0.25, 0.3) is 5.69 Å². The van der Waals surface area contributed by atoms with Crippen LogP contribution in [-0.2, 0) is 6.18 Å². The van der Waals surface area contributed by atoms with Crippen LogP contribution in [-0.4, -0.2) is 49.9 Å². The molecule has 1 amide bonds. The van der Waals surface area contributed by atoms with Crippen molar-refractivity contribution in [3.8, 4) is 5.69 Å². The van der Waals surface area contributed by atoms with Gasteiger partial charge in [-0.2, -0.15) is 28.2 Å². The van der Waals surface area contributed by atoms with Crippen LogP contribution in [0.4, 0.5) is 23.4 Å². The van der Waals surface area contributed by atoms with Crippen LogP contribution in [0.1, 0.15) is 41.3 Å². The first-order valence-corrected chi connectivity index (χ1v) is 10.9. The molecule has 3 heterocycles. The number of hydrogen-bond acceptors (Lipinski definition) is 5. The monoisotopic (exact) mass is 476 g/mol. The van der Waals surface area contributed by atoms with Crippen molar-refractivity contribution < 1.29 is 22.4 Å². The molecular weight excluding hydrogens is 452 g/mol. The number of alkyl halides is 3. The lowest BCUT2D eigenvalue weighted by Gasteiger charge is -2.40. The highest BCUT2D eigenvalue weighted by Gasteiger charge is 2.35. The highest BCUT2D eigenvalue weighted by molar-refractivity contribution is 5.98. The van der Waals surface area contributed by atoms with Crippen LogP contribution < -0.4 is 5.32 Å². The maximum Gasteiger partial charge on any atom is 0.417 e. The Hall–Kier alpha value is -3.50. The van der Waals surface area contributed by atoms with Crippen molar-refractivity contribution in [3.05, 3.63) is 65.4 Å². The number of hydrogen-bond donors (Lipinski definition) is 1. The normalized spacial score (nSPS) is 18.7. The summed E-state index contributed by atoms with van der Waals surface area (Å²) in [6.45, 7) is 4.52. The van der Waals surface area contributed by atoms with Crippen molar-refractivity contribution in [2.75, 3.05) is 18.4 Å². The van der Waals surface area contributed by atoms with Crippen molar-refractivity contribution >= 4 is 11.7 Å². The largest absolute Gasteiger partial charge is 0.417 e. The molecule has 11 heteroatoms. The summed E-state index contributed by atoms with van der Waals surface area (Å²) in [7, 11) is 0. The standard InChI is InChI=1S/C23H24F4N6O/c1-14-5-6-19(33-30-7-8-31-33)17(10-14)22(34)32-9-3-4-15(2)20(32)13-29-21-18(24)11-16(12-28-21)23(25,26)27/h5-8,10-12,15,20H,3-4,9,13H2,1-2H3,(H,28,29)/t15-,20?/m1/s1. The van der Waals surface area contributed by atoms with Crippen LogP contribution in [0, 0.1) is 18.7 Å². The molecule has 0 aliphatic carbocycles.